The highest BCUT2D eigenvalue weighted by Crippen LogP contribution is 2.23. The van der Waals surface area contributed by atoms with E-state index in [9.17, 15) is 8.42 Å². The smallest absolute Gasteiger partial charge is 0.241 e. The van der Waals surface area contributed by atoms with Crippen LogP contribution >= 0.6 is 34.3 Å². The minimum Gasteiger partial charge on any atom is -0.312 e. The predicted molar refractivity (Wildman–Crippen MR) is 89.9 cm³/mol. The van der Waals surface area contributed by atoms with Gasteiger partial charge in [0, 0.05) is 22.8 Å². The quantitative estimate of drug-likeness (QED) is 0.756. The van der Waals surface area contributed by atoms with Crippen molar-refractivity contribution in [2.45, 2.75) is 24.8 Å². The normalized spacial score (nSPS) is 11.9. The zero-order valence-corrected chi connectivity index (χ0v) is 14.8. The standard InChI is InChI=1S/C13H17ClN2O2S3/c1-2-15-9-11-12(6-8-19-11)21(17,18)16-7-5-10-3-4-13(14)20-10/h3-4,6,8,15-16H,2,5,7,9H2,1H3. The molecule has 4 nitrogen and oxygen atoms in total. The Labute approximate surface area is 138 Å². The summed E-state index contributed by atoms with van der Waals surface area (Å²) < 4.78 is 28.0. The van der Waals surface area contributed by atoms with Crippen LogP contribution in [0.3, 0.4) is 0 Å². The van der Waals surface area contributed by atoms with Crippen LogP contribution in [-0.4, -0.2) is 21.5 Å². The molecule has 0 aliphatic heterocycles. The summed E-state index contributed by atoms with van der Waals surface area (Å²) in [7, 11) is -3.45. The molecule has 116 valence electrons. The molecule has 0 atom stereocenters. The molecule has 0 radical (unpaired) electrons. The molecule has 0 unspecified atom stereocenters. The fourth-order valence-corrected chi connectivity index (χ4v) is 5.34. The Balaban J connectivity index is 1.96. The van der Waals surface area contributed by atoms with Gasteiger partial charge in [-0.1, -0.05) is 18.5 Å². The summed E-state index contributed by atoms with van der Waals surface area (Å²) in [6, 6.07) is 5.40. The summed E-state index contributed by atoms with van der Waals surface area (Å²) >= 11 is 8.78. The number of nitrogens with one attached hydrogen (secondary N) is 2. The number of rotatable bonds is 8. The van der Waals surface area contributed by atoms with Crippen LogP contribution in [0.2, 0.25) is 4.34 Å². The highest BCUT2D eigenvalue weighted by molar-refractivity contribution is 7.89. The molecule has 0 fully saturated rings. The molecule has 0 aliphatic carbocycles. The minimum absolute atomic E-state index is 0.371. The molecule has 2 aromatic rings. The van der Waals surface area contributed by atoms with Crippen molar-refractivity contribution in [1.29, 1.82) is 0 Å². The van der Waals surface area contributed by atoms with Crippen molar-refractivity contribution in [1.82, 2.24) is 10.0 Å². The van der Waals surface area contributed by atoms with Crippen LogP contribution in [0.25, 0.3) is 0 Å². The lowest BCUT2D eigenvalue weighted by Crippen LogP contribution is -2.26. The van der Waals surface area contributed by atoms with E-state index in [1.165, 1.54) is 22.7 Å². The maximum Gasteiger partial charge on any atom is 0.241 e. The van der Waals surface area contributed by atoms with E-state index in [4.69, 9.17) is 11.6 Å². The largest absolute Gasteiger partial charge is 0.312 e. The van der Waals surface area contributed by atoms with Crippen LogP contribution in [0.1, 0.15) is 16.7 Å². The lowest BCUT2D eigenvalue weighted by atomic mass is 10.3. The van der Waals surface area contributed by atoms with Crippen molar-refractivity contribution >= 4 is 44.3 Å². The van der Waals surface area contributed by atoms with Gasteiger partial charge >= 0.3 is 0 Å². The number of sulfonamides is 1. The minimum atomic E-state index is -3.45. The Kier molecular flexibility index (Phi) is 6.21. The van der Waals surface area contributed by atoms with Gasteiger partial charge in [0.15, 0.2) is 0 Å². The van der Waals surface area contributed by atoms with Crippen molar-refractivity contribution in [3.05, 3.63) is 37.7 Å². The van der Waals surface area contributed by atoms with Gasteiger partial charge < -0.3 is 5.32 Å². The summed E-state index contributed by atoms with van der Waals surface area (Å²) in [4.78, 5) is 2.28. The number of hydrogen-bond donors (Lipinski definition) is 2. The third kappa shape index (κ3) is 4.77. The van der Waals surface area contributed by atoms with Gasteiger partial charge in [0.25, 0.3) is 0 Å². The van der Waals surface area contributed by atoms with E-state index in [0.29, 0.717) is 24.4 Å². The fraction of sp³-hybridized carbons (Fsp3) is 0.385. The van der Waals surface area contributed by atoms with Crippen molar-refractivity contribution in [2.24, 2.45) is 0 Å². The van der Waals surface area contributed by atoms with Gasteiger partial charge in [0.1, 0.15) is 0 Å². The number of halogens is 1. The van der Waals surface area contributed by atoms with Crippen LogP contribution in [0.5, 0.6) is 0 Å². The zero-order chi connectivity index (χ0) is 15.3. The topological polar surface area (TPSA) is 58.2 Å². The molecule has 0 aromatic carbocycles. The van der Waals surface area contributed by atoms with Crippen LogP contribution in [0.4, 0.5) is 0 Å². The highest BCUT2D eigenvalue weighted by Gasteiger charge is 2.19. The van der Waals surface area contributed by atoms with Gasteiger partial charge in [0.2, 0.25) is 10.0 Å². The molecule has 0 saturated carbocycles. The van der Waals surface area contributed by atoms with Crippen molar-refractivity contribution in [3.8, 4) is 0 Å². The monoisotopic (exact) mass is 364 g/mol. The van der Waals surface area contributed by atoms with Gasteiger partial charge in [-0.2, -0.15) is 0 Å². The first-order chi connectivity index (χ1) is 10.0. The summed E-state index contributed by atoms with van der Waals surface area (Å²) in [5.41, 5.74) is 0. The van der Waals surface area contributed by atoms with Gasteiger partial charge in [-0.3, -0.25) is 0 Å². The van der Waals surface area contributed by atoms with E-state index in [2.05, 4.69) is 10.0 Å². The zero-order valence-electron chi connectivity index (χ0n) is 11.6. The van der Waals surface area contributed by atoms with E-state index in [0.717, 1.165) is 20.6 Å². The molecule has 2 aromatic heterocycles. The maximum absolute atomic E-state index is 12.3. The van der Waals surface area contributed by atoms with Crippen LogP contribution in [0.15, 0.2) is 28.5 Å². The molecule has 0 spiro atoms. The maximum atomic E-state index is 12.3. The molecular weight excluding hydrogens is 348 g/mol. The molecule has 0 aliphatic rings. The predicted octanol–water partition coefficient (Wildman–Crippen LogP) is 3.09. The first kappa shape index (κ1) is 16.9. The van der Waals surface area contributed by atoms with Crippen molar-refractivity contribution < 1.29 is 8.42 Å². The third-order valence-corrected chi connectivity index (χ3v) is 6.71. The van der Waals surface area contributed by atoms with E-state index >= 15 is 0 Å². The molecule has 0 amide bonds. The van der Waals surface area contributed by atoms with Gasteiger partial charge in [-0.15, -0.1) is 22.7 Å². The Bertz CT molecular complexity index is 679. The summed E-state index contributed by atoms with van der Waals surface area (Å²) in [5.74, 6) is 0. The lowest BCUT2D eigenvalue weighted by Gasteiger charge is -2.07. The first-order valence-electron chi connectivity index (χ1n) is 6.54. The van der Waals surface area contributed by atoms with Crippen LogP contribution in [-0.2, 0) is 23.0 Å². The van der Waals surface area contributed by atoms with Crippen LogP contribution in [0, 0.1) is 0 Å². The van der Waals surface area contributed by atoms with E-state index in [1.54, 1.807) is 11.4 Å². The molecule has 8 heteroatoms. The van der Waals surface area contributed by atoms with E-state index in [-0.39, 0.29) is 0 Å². The van der Waals surface area contributed by atoms with E-state index in [1.807, 2.05) is 19.1 Å². The summed E-state index contributed by atoms with van der Waals surface area (Å²) in [5, 5.41) is 4.96. The van der Waals surface area contributed by atoms with Crippen LogP contribution < -0.4 is 10.0 Å². The molecule has 0 saturated heterocycles. The molecule has 2 rings (SSSR count). The second-order valence-corrected chi connectivity index (χ2v) is 8.88. The Hall–Kier alpha value is -0.440. The fourth-order valence-electron chi connectivity index (χ4n) is 1.81. The second kappa shape index (κ2) is 7.71. The van der Waals surface area contributed by atoms with Crippen molar-refractivity contribution in [3.63, 3.8) is 0 Å². The van der Waals surface area contributed by atoms with Gasteiger partial charge in [0.05, 0.1) is 9.23 Å². The van der Waals surface area contributed by atoms with Crippen molar-refractivity contribution in [2.75, 3.05) is 13.1 Å². The molecule has 2 N–H and O–H groups in total. The average molecular weight is 365 g/mol. The molecule has 0 bridgehead atoms. The number of hydrogen-bond acceptors (Lipinski definition) is 5. The summed E-state index contributed by atoms with van der Waals surface area (Å²) in [6.45, 7) is 3.75. The number of thiophene rings is 2. The average Bonchev–Trinajstić information content (AvgIpc) is 3.05. The molecule has 21 heavy (non-hydrogen) atoms. The highest BCUT2D eigenvalue weighted by atomic mass is 35.5. The molecule has 2 heterocycles. The van der Waals surface area contributed by atoms with Gasteiger partial charge in [-0.05, 0) is 36.5 Å². The lowest BCUT2D eigenvalue weighted by molar-refractivity contribution is 0.580. The summed E-state index contributed by atoms with van der Waals surface area (Å²) in [6.07, 6.45) is 0.642. The third-order valence-electron chi connectivity index (χ3n) is 2.82. The SMILES string of the molecule is CCNCc1sccc1S(=O)(=O)NCCc1ccc(Cl)s1. The Morgan fingerprint density at radius 3 is 2.76 bits per heavy atom. The van der Waals surface area contributed by atoms with Gasteiger partial charge in [-0.25, -0.2) is 13.1 Å². The Morgan fingerprint density at radius 2 is 2.10 bits per heavy atom. The van der Waals surface area contributed by atoms with E-state index < -0.39 is 10.0 Å². The first-order valence-corrected chi connectivity index (χ1v) is 10.1. The Morgan fingerprint density at radius 1 is 1.29 bits per heavy atom. The second-order valence-electron chi connectivity index (χ2n) is 4.34. The molecular formula is C13H17ClN2O2S3.